The van der Waals surface area contributed by atoms with Crippen LogP contribution in [0.15, 0.2) is 6.20 Å². The molecule has 0 unspecified atom stereocenters. The van der Waals surface area contributed by atoms with E-state index in [0.717, 1.165) is 24.4 Å². The van der Waals surface area contributed by atoms with Crippen LogP contribution >= 0.6 is 0 Å². The fourth-order valence-corrected chi connectivity index (χ4v) is 2.76. The maximum absolute atomic E-state index is 5.11. The first-order valence-corrected chi connectivity index (χ1v) is 6.40. The Hall–Kier alpha value is -1.62. The summed E-state index contributed by atoms with van der Waals surface area (Å²) in [7, 11) is 1.59. The smallest absolute Gasteiger partial charge is 0.318 e. The summed E-state index contributed by atoms with van der Waals surface area (Å²) >= 11 is 0. The predicted molar refractivity (Wildman–Crippen MR) is 70.0 cm³/mol. The lowest BCUT2D eigenvalue weighted by Crippen LogP contribution is -2.26. The lowest BCUT2D eigenvalue weighted by molar-refractivity contribution is 0.380. The largest absolute Gasteiger partial charge is 0.467 e. The number of methoxy groups -OCH3 is 1. The topological polar surface area (TPSA) is 62.8 Å². The van der Waals surface area contributed by atoms with Crippen LogP contribution in [-0.2, 0) is 0 Å². The average Bonchev–Trinajstić information content (AvgIpc) is 2.84. The van der Waals surface area contributed by atoms with Crippen LogP contribution in [0.2, 0.25) is 0 Å². The zero-order valence-corrected chi connectivity index (χ0v) is 10.8. The molecule has 0 aromatic carbocycles. The molecule has 1 aliphatic rings. The summed E-state index contributed by atoms with van der Waals surface area (Å²) in [6.45, 7) is 4.20. The Kier molecular flexibility index (Phi) is 2.91. The third-order valence-corrected chi connectivity index (χ3v) is 3.68. The number of aryl methyl sites for hydroxylation is 1. The molecule has 0 atom stereocenters. The van der Waals surface area contributed by atoms with Crippen molar-refractivity contribution in [3.63, 3.8) is 0 Å². The molecule has 5 heteroatoms. The monoisotopic (exact) mass is 246 g/mol. The minimum absolute atomic E-state index is 0.429. The van der Waals surface area contributed by atoms with Crippen molar-refractivity contribution in [2.75, 3.05) is 20.2 Å². The second-order valence-electron chi connectivity index (χ2n) is 4.79. The predicted octanol–water partition coefficient (Wildman–Crippen LogP) is 1.74. The molecule has 2 aromatic rings. The van der Waals surface area contributed by atoms with Gasteiger partial charge in [0.25, 0.3) is 0 Å². The summed E-state index contributed by atoms with van der Waals surface area (Å²) < 4.78 is 5.11. The van der Waals surface area contributed by atoms with Gasteiger partial charge in [0.1, 0.15) is 5.65 Å². The number of hydrogen-bond donors (Lipinski definition) is 2. The Morgan fingerprint density at radius 1 is 1.28 bits per heavy atom. The Bertz CT molecular complexity index is 557. The number of H-pyrrole nitrogens is 1. The first-order valence-electron chi connectivity index (χ1n) is 6.40. The molecule has 0 amide bonds. The van der Waals surface area contributed by atoms with E-state index in [4.69, 9.17) is 4.74 Å². The van der Waals surface area contributed by atoms with E-state index in [1.165, 1.54) is 23.8 Å². The van der Waals surface area contributed by atoms with Crippen LogP contribution in [-0.4, -0.2) is 35.2 Å². The van der Waals surface area contributed by atoms with Gasteiger partial charge in [-0.05, 0) is 44.3 Å². The van der Waals surface area contributed by atoms with E-state index in [-0.39, 0.29) is 0 Å². The summed E-state index contributed by atoms with van der Waals surface area (Å²) in [5, 5.41) is 4.57. The number of nitrogens with one attached hydrogen (secondary N) is 2. The number of rotatable bonds is 2. The van der Waals surface area contributed by atoms with Gasteiger partial charge in [-0.3, -0.25) is 0 Å². The third-order valence-electron chi connectivity index (χ3n) is 3.68. The fourth-order valence-electron chi connectivity index (χ4n) is 2.76. The van der Waals surface area contributed by atoms with Crippen LogP contribution in [0.4, 0.5) is 0 Å². The zero-order chi connectivity index (χ0) is 12.5. The number of aromatic nitrogens is 3. The average molecular weight is 246 g/mol. The van der Waals surface area contributed by atoms with Crippen LogP contribution in [0.3, 0.4) is 0 Å². The van der Waals surface area contributed by atoms with Crippen molar-refractivity contribution in [1.82, 2.24) is 20.3 Å². The molecule has 2 aromatic heterocycles. The molecule has 0 radical (unpaired) electrons. The van der Waals surface area contributed by atoms with Gasteiger partial charge in [0.15, 0.2) is 0 Å². The number of nitrogens with zero attached hydrogens (tertiary/aromatic N) is 2. The molecule has 0 spiro atoms. The normalized spacial score (nSPS) is 17.2. The Balaban J connectivity index is 2.07. The van der Waals surface area contributed by atoms with Gasteiger partial charge in [0, 0.05) is 11.6 Å². The van der Waals surface area contributed by atoms with E-state index in [0.29, 0.717) is 11.9 Å². The maximum Gasteiger partial charge on any atom is 0.318 e. The van der Waals surface area contributed by atoms with Crippen LogP contribution in [0.1, 0.15) is 30.0 Å². The highest BCUT2D eigenvalue weighted by Gasteiger charge is 2.20. The van der Waals surface area contributed by atoms with E-state index >= 15 is 0 Å². The molecule has 2 N–H and O–H groups in total. The van der Waals surface area contributed by atoms with E-state index < -0.39 is 0 Å². The van der Waals surface area contributed by atoms with Gasteiger partial charge < -0.3 is 15.0 Å². The quantitative estimate of drug-likeness (QED) is 0.847. The minimum atomic E-state index is 0.429. The van der Waals surface area contributed by atoms with Crippen molar-refractivity contribution in [2.45, 2.75) is 25.7 Å². The van der Waals surface area contributed by atoms with Crippen molar-refractivity contribution < 1.29 is 4.74 Å². The molecule has 3 heterocycles. The molecule has 1 aliphatic heterocycles. The molecule has 1 fully saturated rings. The summed E-state index contributed by atoms with van der Waals surface area (Å²) in [4.78, 5) is 12.0. The van der Waals surface area contributed by atoms with E-state index in [1.807, 2.05) is 6.92 Å². The Morgan fingerprint density at radius 3 is 2.78 bits per heavy atom. The standard InChI is InChI=1S/C13H18N4O/c1-8-11-10(9-3-5-14-6-4-9)7-15-12(11)17-13(16-8)18-2/h7,9,14H,3-6H2,1-2H3,(H,15,16,17). The van der Waals surface area contributed by atoms with Gasteiger partial charge in [-0.25, -0.2) is 0 Å². The molecule has 18 heavy (non-hydrogen) atoms. The summed E-state index contributed by atoms with van der Waals surface area (Å²) in [6, 6.07) is 0.429. The van der Waals surface area contributed by atoms with Gasteiger partial charge in [0.2, 0.25) is 0 Å². The number of piperidine rings is 1. The lowest BCUT2D eigenvalue weighted by Gasteiger charge is -2.22. The van der Waals surface area contributed by atoms with E-state index in [1.54, 1.807) is 7.11 Å². The van der Waals surface area contributed by atoms with Gasteiger partial charge in [-0.15, -0.1) is 0 Å². The van der Waals surface area contributed by atoms with Gasteiger partial charge in [-0.1, -0.05) is 0 Å². The molecule has 1 saturated heterocycles. The molecular formula is C13H18N4O. The van der Waals surface area contributed by atoms with Crippen molar-refractivity contribution in [2.24, 2.45) is 0 Å². The summed E-state index contributed by atoms with van der Waals surface area (Å²) in [6.07, 6.45) is 4.44. The number of ether oxygens (including phenoxy) is 1. The van der Waals surface area contributed by atoms with Crippen LogP contribution < -0.4 is 10.1 Å². The number of hydrogen-bond acceptors (Lipinski definition) is 4. The van der Waals surface area contributed by atoms with E-state index in [9.17, 15) is 0 Å². The minimum Gasteiger partial charge on any atom is -0.467 e. The molecule has 3 rings (SSSR count). The lowest BCUT2D eigenvalue weighted by atomic mass is 9.90. The van der Waals surface area contributed by atoms with Crippen molar-refractivity contribution in [3.05, 3.63) is 17.5 Å². The molecule has 96 valence electrons. The van der Waals surface area contributed by atoms with E-state index in [2.05, 4.69) is 26.5 Å². The molecule has 5 nitrogen and oxygen atoms in total. The first-order chi connectivity index (χ1) is 8.79. The number of aromatic amines is 1. The number of fused-ring (bicyclic) bond motifs is 1. The van der Waals surface area contributed by atoms with Crippen molar-refractivity contribution in [3.8, 4) is 6.01 Å². The zero-order valence-electron chi connectivity index (χ0n) is 10.8. The molecule has 0 aliphatic carbocycles. The second kappa shape index (κ2) is 4.57. The highest BCUT2D eigenvalue weighted by molar-refractivity contribution is 5.83. The highest BCUT2D eigenvalue weighted by Crippen LogP contribution is 2.32. The second-order valence-corrected chi connectivity index (χ2v) is 4.79. The van der Waals surface area contributed by atoms with Crippen molar-refractivity contribution >= 4 is 11.0 Å². The highest BCUT2D eigenvalue weighted by atomic mass is 16.5. The SMILES string of the molecule is COc1nc(C)c2c(C3CCNCC3)c[nH]c2n1. The summed E-state index contributed by atoms with van der Waals surface area (Å²) in [5.74, 6) is 0.607. The maximum atomic E-state index is 5.11. The van der Waals surface area contributed by atoms with Crippen LogP contribution in [0, 0.1) is 6.92 Å². The molecule has 0 bridgehead atoms. The third kappa shape index (κ3) is 1.84. The summed E-state index contributed by atoms with van der Waals surface area (Å²) in [5.41, 5.74) is 3.23. The Morgan fingerprint density at radius 2 is 2.06 bits per heavy atom. The van der Waals surface area contributed by atoms with Crippen LogP contribution in [0.5, 0.6) is 6.01 Å². The van der Waals surface area contributed by atoms with Crippen molar-refractivity contribution in [1.29, 1.82) is 0 Å². The first kappa shape index (κ1) is 11.5. The fraction of sp³-hybridized carbons (Fsp3) is 0.538. The van der Waals surface area contributed by atoms with Gasteiger partial charge in [0.05, 0.1) is 12.8 Å². The van der Waals surface area contributed by atoms with Gasteiger partial charge in [-0.2, -0.15) is 9.97 Å². The van der Waals surface area contributed by atoms with Crippen LogP contribution in [0.25, 0.3) is 11.0 Å². The Labute approximate surface area is 106 Å². The van der Waals surface area contributed by atoms with Gasteiger partial charge >= 0.3 is 6.01 Å². The molecular weight excluding hydrogens is 228 g/mol. The molecule has 0 saturated carbocycles.